The Labute approximate surface area is 151 Å². The van der Waals surface area contributed by atoms with Crippen LogP contribution in [-0.2, 0) is 13.0 Å². The Bertz CT molecular complexity index is 805. The number of phenols is 1. The number of fused-ring (bicyclic) bond motifs is 3. The molecule has 2 aliphatic heterocycles. The zero-order chi connectivity index (χ0) is 16.1. The monoisotopic (exact) mass is 442 g/mol. The number of quaternary nitrogens is 1. The van der Waals surface area contributed by atoms with Crippen molar-refractivity contribution < 1.29 is 14.8 Å². The first-order valence-electron chi connectivity index (χ1n) is 7.54. The van der Waals surface area contributed by atoms with Gasteiger partial charge in [-0.25, -0.2) is 0 Å². The summed E-state index contributed by atoms with van der Waals surface area (Å²) in [5, 5.41) is 17.4. The summed E-state index contributed by atoms with van der Waals surface area (Å²) in [6.07, 6.45) is 0.552. The van der Waals surface area contributed by atoms with Crippen LogP contribution in [0.15, 0.2) is 18.2 Å². The third-order valence-corrected chi connectivity index (χ3v) is 6.27. The Balaban J connectivity index is 1.73. The predicted octanol–water partition coefficient (Wildman–Crippen LogP) is 1.48. The minimum Gasteiger partial charge on any atom is -0.508 e. The van der Waals surface area contributed by atoms with Crippen LogP contribution in [0.4, 0.5) is 5.00 Å². The number of benzene rings is 1. The lowest BCUT2D eigenvalue weighted by atomic mass is 10.0. The van der Waals surface area contributed by atoms with Gasteiger partial charge in [-0.05, 0) is 46.4 Å². The van der Waals surface area contributed by atoms with Crippen molar-refractivity contribution in [2.45, 2.75) is 19.1 Å². The average Bonchev–Trinajstić information content (AvgIpc) is 2.87. The third kappa shape index (κ3) is 2.60. The molecule has 2 atom stereocenters. The van der Waals surface area contributed by atoms with Crippen LogP contribution in [0.25, 0.3) is 0 Å². The van der Waals surface area contributed by atoms with Crippen molar-refractivity contribution in [3.8, 4) is 5.75 Å². The van der Waals surface area contributed by atoms with Gasteiger partial charge in [0.15, 0.2) is 0 Å². The van der Waals surface area contributed by atoms with Crippen molar-refractivity contribution in [1.29, 1.82) is 0 Å². The van der Waals surface area contributed by atoms with Crippen molar-refractivity contribution in [3.05, 3.63) is 43.3 Å². The molecule has 0 bridgehead atoms. The molecule has 4 rings (SSSR count). The first-order chi connectivity index (χ1) is 11.0. The van der Waals surface area contributed by atoms with Gasteiger partial charge in [0.2, 0.25) is 0 Å². The van der Waals surface area contributed by atoms with Crippen molar-refractivity contribution >= 4 is 44.8 Å². The number of nitrogens with one attached hydrogen (secondary N) is 3. The number of halogens is 1. The Hall–Kier alpha value is -1.32. The summed E-state index contributed by atoms with van der Waals surface area (Å²) in [5.74, 6) is 0.149. The zero-order valence-corrected chi connectivity index (χ0v) is 15.5. The van der Waals surface area contributed by atoms with Gasteiger partial charge in [0.1, 0.15) is 23.5 Å². The molecule has 1 aromatic carbocycles. The van der Waals surface area contributed by atoms with Gasteiger partial charge in [-0.1, -0.05) is 0 Å². The zero-order valence-electron chi connectivity index (χ0n) is 12.6. The van der Waals surface area contributed by atoms with Gasteiger partial charge in [0.25, 0.3) is 5.91 Å². The molecule has 3 heterocycles. The van der Waals surface area contributed by atoms with Gasteiger partial charge in [0, 0.05) is 15.6 Å². The molecule has 1 unspecified atom stereocenters. The van der Waals surface area contributed by atoms with E-state index in [-0.39, 0.29) is 11.7 Å². The molecule has 1 aromatic heterocycles. The summed E-state index contributed by atoms with van der Waals surface area (Å²) in [6.45, 7) is 2.03. The number of hydrogen-bond acceptors (Lipinski definition) is 4. The van der Waals surface area contributed by atoms with E-state index < -0.39 is 6.17 Å². The topological polar surface area (TPSA) is 65.8 Å². The van der Waals surface area contributed by atoms with Gasteiger partial charge in [-0.15, -0.1) is 11.3 Å². The van der Waals surface area contributed by atoms with Crippen molar-refractivity contribution in [2.75, 3.05) is 18.9 Å². The Morgan fingerprint density at radius 2 is 2.22 bits per heavy atom. The van der Waals surface area contributed by atoms with Crippen molar-refractivity contribution in [1.82, 2.24) is 5.32 Å². The fourth-order valence-electron chi connectivity index (χ4n) is 3.24. The largest absolute Gasteiger partial charge is 0.508 e. The molecule has 4 N–H and O–H groups in total. The fourth-order valence-corrected chi connectivity index (χ4v) is 5.15. The maximum Gasteiger partial charge on any atom is 0.256 e. The van der Waals surface area contributed by atoms with Gasteiger partial charge in [-0.3, -0.25) is 4.79 Å². The molecule has 23 heavy (non-hydrogen) atoms. The number of rotatable bonds is 1. The highest BCUT2D eigenvalue weighted by Gasteiger charge is 2.34. The number of carbonyl (C=O) groups is 1. The van der Waals surface area contributed by atoms with Gasteiger partial charge in [0.05, 0.1) is 24.0 Å². The fraction of sp³-hybridized carbons (Fsp3) is 0.312. The first kappa shape index (κ1) is 15.2. The van der Waals surface area contributed by atoms with E-state index in [2.05, 4.69) is 40.3 Å². The number of aromatic hydroxyl groups is 1. The third-order valence-electron chi connectivity index (χ3n) is 4.43. The number of hydrogen-bond donors (Lipinski definition) is 4. The number of carbonyl (C=O) groups excluding carboxylic acids is 1. The maximum atomic E-state index is 12.6. The van der Waals surface area contributed by atoms with E-state index in [0.29, 0.717) is 5.56 Å². The number of amides is 1. The van der Waals surface area contributed by atoms with E-state index in [0.717, 1.165) is 33.6 Å². The minimum atomic E-state index is -0.394. The van der Waals surface area contributed by atoms with Crippen LogP contribution in [0.3, 0.4) is 0 Å². The molecule has 5 nitrogen and oxygen atoms in total. The molecule has 2 aliphatic rings. The summed E-state index contributed by atoms with van der Waals surface area (Å²) in [6, 6.07) is 5.40. The summed E-state index contributed by atoms with van der Waals surface area (Å²) in [7, 11) is 2.18. The van der Waals surface area contributed by atoms with Crippen LogP contribution >= 0.6 is 33.9 Å². The van der Waals surface area contributed by atoms with Crippen LogP contribution in [-0.4, -0.2) is 24.6 Å². The van der Waals surface area contributed by atoms with Crippen LogP contribution in [0.2, 0.25) is 0 Å². The van der Waals surface area contributed by atoms with Crippen LogP contribution in [0.1, 0.15) is 32.5 Å². The molecule has 0 spiro atoms. The second-order valence-electron chi connectivity index (χ2n) is 6.10. The number of phenolic OH excluding ortho intramolecular Hbond substituents is 1. The molecule has 7 heteroatoms. The quantitative estimate of drug-likeness (QED) is 0.506. The van der Waals surface area contributed by atoms with E-state index in [9.17, 15) is 9.90 Å². The molecular weight excluding hydrogens is 425 g/mol. The molecule has 120 valence electrons. The molecule has 0 aliphatic carbocycles. The highest BCUT2D eigenvalue weighted by atomic mass is 127. The van der Waals surface area contributed by atoms with Gasteiger partial charge >= 0.3 is 0 Å². The Morgan fingerprint density at radius 1 is 1.39 bits per heavy atom. The van der Waals surface area contributed by atoms with Crippen LogP contribution in [0.5, 0.6) is 5.75 Å². The molecule has 0 radical (unpaired) electrons. The average molecular weight is 442 g/mol. The number of thiophene rings is 1. The van der Waals surface area contributed by atoms with E-state index in [1.807, 2.05) is 12.1 Å². The summed E-state index contributed by atoms with van der Waals surface area (Å²) in [4.78, 5) is 15.4. The summed E-state index contributed by atoms with van der Waals surface area (Å²) < 4.78 is 1.02. The summed E-state index contributed by atoms with van der Waals surface area (Å²) in [5.41, 5.74) is 2.70. The number of anilines is 1. The second-order valence-corrected chi connectivity index (χ2v) is 8.45. The van der Waals surface area contributed by atoms with Gasteiger partial charge in [-0.2, -0.15) is 0 Å². The SMILES string of the molecule is C[NH+]1CCc2c(sc3c2C(=O)N[C@@H](c2cc(I)ccc2O)N3)C1. The molecule has 1 amide bonds. The lowest BCUT2D eigenvalue weighted by Crippen LogP contribution is -3.08. The highest BCUT2D eigenvalue weighted by Crippen LogP contribution is 2.40. The van der Waals surface area contributed by atoms with Gasteiger partial charge < -0.3 is 20.6 Å². The smallest absolute Gasteiger partial charge is 0.256 e. The lowest BCUT2D eigenvalue weighted by molar-refractivity contribution is -0.895. The van der Waals surface area contributed by atoms with Crippen molar-refractivity contribution in [3.63, 3.8) is 0 Å². The number of likely N-dealkylation sites (N-methyl/N-ethyl adjacent to an activating group) is 1. The summed E-state index contributed by atoms with van der Waals surface area (Å²) >= 11 is 3.88. The van der Waals surface area contributed by atoms with Crippen molar-refractivity contribution in [2.24, 2.45) is 0 Å². The predicted molar refractivity (Wildman–Crippen MR) is 98.1 cm³/mol. The second kappa shape index (κ2) is 5.64. The first-order valence-corrected chi connectivity index (χ1v) is 9.44. The van der Waals surface area contributed by atoms with E-state index in [1.165, 1.54) is 15.3 Å². The van der Waals surface area contributed by atoms with E-state index in [1.54, 1.807) is 17.4 Å². The Morgan fingerprint density at radius 3 is 3.04 bits per heavy atom. The normalized spacial score (nSPS) is 22.8. The van der Waals surface area contributed by atoms with Crippen LogP contribution < -0.4 is 15.5 Å². The molecule has 2 aromatic rings. The lowest BCUT2D eigenvalue weighted by Gasteiger charge is -2.27. The molecule has 0 fully saturated rings. The maximum absolute atomic E-state index is 12.6. The van der Waals surface area contributed by atoms with E-state index in [4.69, 9.17) is 0 Å². The highest BCUT2D eigenvalue weighted by molar-refractivity contribution is 14.1. The Kier molecular flexibility index (Phi) is 3.73. The molecule has 0 saturated carbocycles. The molecular formula is C16H17IN3O2S+. The van der Waals surface area contributed by atoms with Crippen LogP contribution in [0, 0.1) is 3.57 Å². The minimum absolute atomic E-state index is 0.0425. The van der Waals surface area contributed by atoms with E-state index >= 15 is 0 Å². The molecule has 0 saturated heterocycles. The standard InChI is InChI=1S/C16H16IN3O2S/c1-20-5-4-9-12(7-20)23-16-13(9)15(22)18-14(19-16)10-6-8(17)2-3-11(10)21/h2-3,6,14,19,21H,4-5,7H2,1H3,(H,18,22)/p+1/t14-/m1/s1.